The van der Waals surface area contributed by atoms with Crippen molar-refractivity contribution in [2.75, 3.05) is 19.7 Å². The van der Waals surface area contributed by atoms with Gasteiger partial charge in [-0.2, -0.15) is 0 Å². The van der Waals surface area contributed by atoms with Crippen molar-refractivity contribution in [3.05, 3.63) is 29.8 Å². The molecule has 1 aromatic carbocycles. The first-order valence-corrected chi connectivity index (χ1v) is 5.32. The van der Waals surface area contributed by atoms with Gasteiger partial charge in [-0.1, -0.05) is 32.0 Å². The molecular weight excluding hydrogens is 174 g/mol. The second-order valence-electron chi connectivity index (χ2n) is 3.59. The predicted octanol–water partition coefficient (Wildman–Crippen LogP) is 2.46. The van der Waals surface area contributed by atoms with Crippen LogP contribution < -0.4 is 4.74 Å². The van der Waals surface area contributed by atoms with Gasteiger partial charge in [-0.15, -0.1) is 0 Å². The fourth-order valence-corrected chi connectivity index (χ4v) is 2.11. The minimum absolute atomic E-state index is 0.459. The molecule has 2 rings (SSSR count). The summed E-state index contributed by atoms with van der Waals surface area (Å²) in [7, 11) is 0. The molecule has 0 aromatic heterocycles. The largest absolute Gasteiger partial charge is 0.491 e. The molecule has 0 spiro atoms. The Morgan fingerprint density at radius 1 is 1.29 bits per heavy atom. The molecule has 2 heteroatoms. The normalized spacial score (nSPS) is 19.5. The monoisotopic (exact) mass is 191 g/mol. The minimum Gasteiger partial charge on any atom is -0.491 e. The molecule has 0 aliphatic carbocycles. The smallest absolute Gasteiger partial charge is 0.124 e. The van der Waals surface area contributed by atoms with Crippen LogP contribution in [0.25, 0.3) is 0 Å². The first kappa shape index (κ1) is 9.53. The molecule has 1 aliphatic rings. The summed E-state index contributed by atoms with van der Waals surface area (Å²) >= 11 is 0. The van der Waals surface area contributed by atoms with E-state index >= 15 is 0 Å². The predicted molar refractivity (Wildman–Crippen MR) is 57.6 cm³/mol. The number of para-hydroxylation sites is 1. The van der Waals surface area contributed by atoms with Gasteiger partial charge in [0.05, 0.1) is 6.04 Å². The van der Waals surface area contributed by atoms with Gasteiger partial charge < -0.3 is 4.74 Å². The highest BCUT2D eigenvalue weighted by molar-refractivity contribution is 5.39. The molecule has 0 saturated carbocycles. The van der Waals surface area contributed by atoms with Crippen LogP contribution in [0.2, 0.25) is 0 Å². The number of nitrogens with zero attached hydrogens (tertiary/aromatic N) is 1. The molecule has 76 valence electrons. The standard InChI is InChI=1S/C12H17NO/c1-3-13(4-2)11-9-14-12-8-6-5-7-10(11)12/h5-8,11H,3-4,9H2,1-2H3. The van der Waals surface area contributed by atoms with E-state index in [-0.39, 0.29) is 0 Å². The van der Waals surface area contributed by atoms with Crippen LogP contribution in [0, 0.1) is 0 Å². The van der Waals surface area contributed by atoms with E-state index in [1.54, 1.807) is 0 Å². The molecule has 14 heavy (non-hydrogen) atoms. The highest BCUT2D eigenvalue weighted by atomic mass is 16.5. The molecule has 0 saturated heterocycles. The Bertz CT molecular complexity index is 307. The molecule has 1 unspecified atom stereocenters. The molecular formula is C12H17NO. The number of ether oxygens (including phenoxy) is 1. The zero-order valence-corrected chi connectivity index (χ0v) is 8.86. The number of benzene rings is 1. The number of fused-ring (bicyclic) bond motifs is 1. The number of hydrogen-bond donors (Lipinski definition) is 0. The second-order valence-corrected chi connectivity index (χ2v) is 3.59. The van der Waals surface area contributed by atoms with E-state index in [0.717, 1.165) is 25.4 Å². The van der Waals surface area contributed by atoms with Crippen molar-refractivity contribution >= 4 is 0 Å². The Labute approximate surface area is 85.5 Å². The van der Waals surface area contributed by atoms with Crippen molar-refractivity contribution in [1.29, 1.82) is 0 Å². The maximum Gasteiger partial charge on any atom is 0.124 e. The molecule has 1 aliphatic heterocycles. The molecule has 1 atom stereocenters. The molecule has 0 amide bonds. The summed E-state index contributed by atoms with van der Waals surface area (Å²) in [5, 5.41) is 0. The maximum absolute atomic E-state index is 5.65. The summed E-state index contributed by atoms with van der Waals surface area (Å²) in [5.74, 6) is 1.06. The molecule has 0 fully saturated rings. The fourth-order valence-electron chi connectivity index (χ4n) is 2.11. The van der Waals surface area contributed by atoms with E-state index in [0.29, 0.717) is 6.04 Å². The van der Waals surface area contributed by atoms with Crippen LogP contribution in [0.5, 0.6) is 5.75 Å². The summed E-state index contributed by atoms with van der Waals surface area (Å²) in [6, 6.07) is 8.80. The molecule has 0 bridgehead atoms. The van der Waals surface area contributed by atoms with Crippen LogP contribution in [0.4, 0.5) is 0 Å². The maximum atomic E-state index is 5.65. The summed E-state index contributed by atoms with van der Waals surface area (Å²) in [6.07, 6.45) is 0. The van der Waals surface area contributed by atoms with Gasteiger partial charge in [-0.05, 0) is 19.2 Å². The Hall–Kier alpha value is -1.02. The van der Waals surface area contributed by atoms with Crippen LogP contribution >= 0.6 is 0 Å². The molecule has 1 aromatic rings. The zero-order chi connectivity index (χ0) is 9.97. The van der Waals surface area contributed by atoms with Gasteiger partial charge in [0.25, 0.3) is 0 Å². The fraction of sp³-hybridized carbons (Fsp3) is 0.500. The quantitative estimate of drug-likeness (QED) is 0.727. The third-order valence-corrected chi connectivity index (χ3v) is 2.93. The topological polar surface area (TPSA) is 12.5 Å². The Morgan fingerprint density at radius 2 is 2.00 bits per heavy atom. The van der Waals surface area contributed by atoms with Gasteiger partial charge in [0.15, 0.2) is 0 Å². The first-order chi connectivity index (χ1) is 6.86. The first-order valence-electron chi connectivity index (χ1n) is 5.32. The summed E-state index contributed by atoms with van der Waals surface area (Å²) in [5.41, 5.74) is 1.34. The Morgan fingerprint density at radius 3 is 2.71 bits per heavy atom. The lowest BCUT2D eigenvalue weighted by atomic mass is 10.1. The second kappa shape index (κ2) is 4.01. The minimum atomic E-state index is 0.459. The van der Waals surface area contributed by atoms with E-state index in [9.17, 15) is 0 Å². The van der Waals surface area contributed by atoms with Crippen molar-refractivity contribution < 1.29 is 4.74 Å². The van der Waals surface area contributed by atoms with E-state index in [2.05, 4.69) is 36.9 Å². The van der Waals surface area contributed by atoms with Gasteiger partial charge in [0, 0.05) is 5.56 Å². The van der Waals surface area contributed by atoms with Crippen molar-refractivity contribution in [2.45, 2.75) is 19.9 Å². The van der Waals surface area contributed by atoms with Gasteiger partial charge in [-0.3, -0.25) is 4.90 Å². The van der Waals surface area contributed by atoms with Crippen molar-refractivity contribution in [1.82, 2.24) is 4.90 Å². The Balaban J connectivity index is 2.25. The highest BCUT2D eigenvalue weighted by Gasteiger charge is 2.27. The molecule has 2 nitrogen and oxygen atoms in total. The van der Waals surface area contributed by atoms with Gasteiger partial charge >= 0.3 is 0 Å². The van der Waals surface area contributed by atoms with Crippen LogP contribution in [0.1, 0.15) is 25.5 Å². The van der Waals surface area contributed by atoms with Gasteiger partial charge in [0.2, 0.25) is 0 Å². The van der Waals surface area contributed by atoms with Crippen LogP contribution in [-0.2, 0) is 0 Å². The van der Waals surface area contributed by atoms with Gasteiger partial charge in [-0.25, -0.2) is 0 Å². The van der Waals surface area contributed by atoms with Crippen LogP contribution in [-0.4, -0.2) is 24.6 Å². The Kier molecular flexibility index (Phi) is 2.73. The van der Waals surface area contributed by atoms with Gasteiger partial charge in [0.1, 0.15) is 12.4 Å². The molecule has 0 N–H and O–H groups in total. The van der Waals surface area contributed by atoms with Crippen molar-refractivity contribution in [3.8, 4) is 5.75 Å². The average Bonchev–Trinajstić information content (AvgIpc) is 2.65. The van der Waals surface area contributed by atoms with Crippen LogP contribution in [0.15, 0.2) is 24.3 Å². The summed E-state index contributed by atoms with van der Waals surface area (Å²) < 4.78 is 5.65. The highest BCUT2D eigenvalue weighted by Crippen LogP contribution is 2.35. The number of rotatable bonds is 3. The number of hydrogen-bond acceptors (Lipinski definition) is 2. The van der Waals surface area contributed by atoms with E-state index in [1.807, 2.05) is 6.07 Å². The zero-order valence-electron chi connectivity index (χ0n) is 8.86. The molecule has 1 heterocycles. The van der Waals surface area contributed by atoms with E-state index in [1.165, 1.54) is 5.56 Å². The molecule has 0 radical (unpaired) electrons. The summed E-state index contributed by atoms with van der Waals surface area (Å²) in [6.45, 7) is 7.37. The number of likely N-dealkylation sites (N-methyl/N-ethyl adjacent to an activating group) is 1. The average molecular weight is 191 g/mol. The van der Waals surface area contributed by atoms with E-state index in [4.69, 9.17) is 4.74 Å². The van der Waals surface area contributed by atoms with Crippen molar-refractivity contribution in [3.63, 3.8) is 0 Å². The third-order valence-electron chi connectivity index (χ3n) is 2.93. The lowest BCUT2D eigenvalue weighted by Gasteiger charge is -2.24. The van der Waals surface area contributed by atoms with Crippen LogP contribution in [0.3, 0.4) is 0 Å². The third kappa shape index (κ3) is 1.50. The lowest BCUT2D eigenvalue weighted by molar-refractivity contribution is 0.178. The SMILES string of the molecule is CCN(CC)C1COc2ccccc21. The van der Waals surface area contributed by atoms with Crippen molar-refractivity contribution in [2.24, 2.45) is 0 Å². The lowest BCUT2D eigenvalue weighted by Crippen LogP contribution is -2.29. The summed E-state index contributed by atoms with van der Waals surface area (Å²) in [4.78, 5) is 2.44. The van der Waals surface area contributed by atoms with E-state index < -0.39 is 0 Å².